The normalized spacial score (nSPS) is 18.9. The van der Waals surface area contributed by atoms with Gasteiger partial charge in [0.1, 0.15) is 0 Å². The quantitative estimate of drug-likeness (QED) is 0.919. The van der Waals surface area contributed by atoms with Crippen LogP contribution in [-0.2, 0) is 11.3 Å². The molecular weight excluding hydrogens is 315 g/mol. The van der Waals surface area contributed by atoms with Gasteiger partial charge >= 0.3 is 0 Å². The van der Waals surface area contributed by atoms with E-state index < -0.39 is 0 Å². The molecule has 0 aromatic heterocycles. The van der Waals surface area contributed by atoms with E-state index in [9.17, 15) is 4.79 Å². The summed E-state index contributed by atoms with van der Waals surface area (Å²) in [5.74, 6) is 2.25. The highest BCUT2D eigenvalue weighted by Crippen LogP contribution is 2.26. The molecule has 1 aliphatic heterocycles. The number of carbonyl (C=O) groups excluding carboxylic acids is 1. The molecule has 6 heteroatoms. The van der Waals surface area contributed by atoms with Crippen LogP contribution in [0.25, 0.3) is 0 Å². The summed E-state index contributed by atoms with van der Waals surface area (Å²) in [6.07, 6.45) is 0.529. The first-order chi connectivity index (χ1) is 9.58. The Morgan fingerprint density at radius 1 is 1.50 bits per heavy atom. The van der Waals surface area contributed by atoms with Gasteiger partial charge in [-0.3, -0.25) is 4.79 Å². The number of carbonyl (C=O) groups is 1. The van der Waals surface area contributed by atoms with E-state index in [1.54, 1.807) is 18.0 Å². The van der Waals surface area contributed by atoms with Crippen molar-refractivity contribution in [2.75, 3.05) is 25.1 Å². The number of rotatable bonds is 4. The third-order valence-electron chi connectivity index (χ3n) is 3.28. The summed E-state index contributed by atoms with van der Waals surface area (Å²) in [4.78, 5) is 13.9. The van der Waals surface area contributed by atoms with Crippen molar-refractivity contribution in [2.24, 2.45) is 0 Å². The first kappa shape index (κ1) is 16.0. The minimum Gasteiger partial charge on any atom is -0.341 e. The number of hydrogen-bond donors (Lipinski definition) is 1. The van der Waals surface area contributed by atoms with Gasteiger partial charge in [-0.2, -0.15) is 11.8 Å². The zero-order valence-electron chi connectivity index (χ0n) is 11.4. The fourth-order valence-corrected chi connectivity index (χ4v) is 3.46. The zero-order valence-corrected chi connectivity index (χ0v) is 13.7. The minimum atomic E-state index is 0.126. The highest BCUT2D eigenvalue weighted by Gasteiger charge is 2.19. The maximum atomic E-state index is 12.2. The number of amides is 1. The second kappa shape index (κ2) is 7.55. The number of thioether (sulfide) groups is 1. The molecule has 3 nitrogen and oxygen atoms in total. The second-order valence-corrected chi connectivity index (χ2v) is 6.83. The van der Waals surface area contributed by atoms with Crippen LogP contribution in [0.3, 0.4) is 0 Å². The first-order valence-electron chi connectivity index (χ1n) is 6.56. The molecule has 0 bridgehead atoms. The largest absolute Gasteiger partial charge is 0.341 e. The van der Waals surface area contributed by atoms with Crippen LogP contribution >= 0.6 is 35.0 Å². The Morgan fingerprint density at radius 3 is 3.00 bits per heavy atom. The molecule has 1 atom stereocenters. The maximum absolute atomic E-state index is 12.2. The molecule has 20 heavy (non-hydrogen) atoms. The summed E-state index contributed by atoms with van der Waals surface area (Å²) >= 11 is 14.0. The van der Waals surface area contributed by atoms with Crippen LogP contribution in [0, 0.1) is 0 Å². The van der Waals surface area contributed by atoms with E-state index in [1.165, 1.54) is 0 Å². The third kappa shape index (κ3) is 4.29. The molecule has 1 aliphatic rings. The smallest absolute Gasteiger partial charge is 0.224 e. The second-order valence-electron chi connectivity index (χ2n) is 4.89. The summed E-state index contributed by atoms with van der Waals surface area (Å²) in [5.41, 5.74) is 0.876. The average Bonchev–Trinajstić information content (AvgIpc) is 2.45. The molecule has 1 aromatic carbocycles. The monoisotopic (exact) mass is 332 g/mol. The van der Waals surface area contributed by atoms with Crippen LogP contribution in [0.5, 0.6) is 0 Å². The molecule has 1 saturated heterocycles. The van der Waals surface area contributed by atoms with Crippen LogP contribution < -0.4 is 5.32 Å². The van der Waals surface area contributed by atoms with Crippen LogP contribution in [-0.4, -0.2) is 41.9 Å². The third-order valence-corrected chi connectivity index (χ3v) is 5.27. The van der Waals surface area contributed by atoms with E-state index in [-0.39, 0.29) is 11.9 Å². The van der Waals surface area contributed by atoms with Gasteiger partial charge in [-0.1, -0.05) is 35.3 Å². The van der Waals surface area contributed by atoms with Gasteiger partial charge in [-0.15, -0.1) is 0 Å². The lowest BCUT2D eigenvalue weighted by Crippen LogP contribution is -2.41. The lowest BCUT2D eigenvalue weighted by atomic mass is 10.1. The Hall–Kier alpha value is -0.420. The fourth-order valence-electron chi connectivity index (χ4n) is 2.13. The fraction of sp³-hybridized carbons (Fsp3) is 0.500. The highest BCUT2D eigenvalue weighted by molar-refractivity contribution is 7.99. The molecule has 0 saturated carbocycles. The minimum absolute atomic E-state index is 0.126. The number of nitrogens with one attached hydrogen (secondary N) is 1. The van der Waals surface area contributed by atoms with Crippen molar-refractivity contribution in [2.45, 2.75) is 19.0 Å². The summed E-state index contributed by atoms with van der Waals surface area (Å²) in [6.45, 7) is 1.46. The Balaban J connectivity index is 1.91. The molecule has 0 aliphatic carbocycles. The van der Waals surface area contributed by atoms with Crippen molar-refractivity contribution in [1.82, 2.24) is 10.2 Å². The van der Waals surface area contributed by atoms with Crippen molar-refractivity contribution in [3.05, 3.63) is 33.8 Å². The van der Waals surface area contributed by atoms with Crippen molar-refractivity contribution in [3.8, 4) is 0 Å². The molecule has 0 radical (unpaired) electrons. The molecular formula is C14H18Cl2N2OS. The van der Waals surface area contributed by atoms with Gasteiger partial charge in [0.25, 0.3) is 0 Å². The van der Waals surface area contributed by atoms with Gasteiger partial charge in [-0.25, -0.2) is 0 Å². The van der Waals surface area contributed by atoms with Gasteiger partial charge in [0.2, 0.25) is 5.91 Å². The first-order valence-corrected chi connectivity index (χ1v) is 8.47. The van der Waals surface area contributed by atoms with E-state index in [0.717, 1.165) is 23.6 Å². The SMILES string of the molecule is CN(Cc1cccc(Cl)c1Cl)C(=O)CC1CSCCN1. The topological polar surface area (TPSA) is 32.3 Å². The van der Waals surface area contributed by atoms with Crippen LogP contribution in [0.4, 0.5) is 0 Å². The molecule has 1 fully saturated rings. The van der Waals surface area contributed by atoms with E-state index in [0.29, 0.717) is 23.0 Å². The molecule has 1 heterocycles. The number of halogens is 2. The van der Waals surface area contributed by atoms with E-state index in [4.69, 9.17) is 23.2 Å². The van der Waals surface area contributed by atoms with Gasteiger partial charge in [0.05, 0.1) is 10.0 Å². The maximum Gasteiger partial charge on any atom is 0.224 e. The van der Waals surface area contributed by atoms with Gasteiger partial charge in [-0.05, 0) is 11.6 Å². The summed E-state index contributed by atoms with van der Waals surface area (Å²) < 4.78 is 0. The molecule has 1 amide bonds. The number of nitrogens with zero attached hydrogens (tertiary/aromatic N) is 1. The van der Waals surface area contributed by atoms with Gasteiger partial charge < -0.3 is 10.2 Å². The number of hydrogen-bond acceptors (Lipinski definition) is 3. The lowest BCUT2D eigenvalue weighted by molar-refractivity contribution is -0.130. The molecule has 1 N–H and O–H groups in total. The lowest BCUT2D eigenvalue weighted by Gasteiger charge is -2.25. The van der Waals surface area contributed by atoms with E-state index in [2.05, 4.69) is 5.32 Å². The molecule has 0 spiro atoms. The van der Waals surface area contributed by atoms with Crippen molar-refractivity contribution >= 4 is 40.9 Å². The predicted octanol–water partition coefficient (Wildman–Crippen LogP) is 3.05. The Morgan fingerprint density at radius 2 is 2.30 bits per heavy atom. The Labute approximate surface area is 134 Å². The average molecular weight is 333 g/mol. The van der Waals surface area contributed by atoms with Crippen molar-refractivity contribution in [1.29, 1.82) is 0 Å². The molecule has 110 valence electrons. The predicted molar refractivity (Wildman–Crippen MR) is 86.7 cm³/mol. The molecule has 1 aromatic rings. The summed E-state index contributed by atoms with van der Waals surface area (Å²) in [6, 6.07) is 5.77. The van der Waals surface area contributed by atoms with Crippen LogP contribution in [0.15, 0.2) is 18.2 Å². The zero-order chi connectivity index (χ0) is 14.5. The van der Waals surface area contributed by atoms with E-state index >= 15 is 0 Å². The standard InChI is InChI=1S/C14H18Cl2N2OS/c1-18(8-10-3-2-4-12(15)14(10)16)13(19)7-11-9-20-6-5-17-11/h2-4,11,17H,5-9H2,1H3. The Bertz CT molecular complexity index is 478. The van der Waals surface area contributed by atoms with E-state index in [1.807, 2.05) is 23.9 Å². The van der Waals surface area contributed by atoms with Gasteiger partial charge in [0, 0.05) is 44.1 Å². The van der Waals surface area contributed by atoms with Crippen LogP contribution in [0.2, 0.25) is 10.0 Å². The number of benzene rings is 1. The van der Waals surface area contributed by atoms with Crippen LogP contribution in [0.1, 0.15) is 12.0 Å². The Kier molecular flexibility index (Phi) is 6.02. The van der Waals surface area contributed by atoms with Crippen molar-refractivity contribution in [3.63, 3.8) is 0 Å². The summed E-state index contributed by atoms with van der Waals surface area (Å²) in [7, 11) is 1.80. The van der Waals surface area contributed by atoms with Crippen molar-refractivity contribution < 1.29 is 4.79 Å². The van der Waals surface area contributed by atoms with Gasteiger partial charge in [0.15, 0.2) is 0 Å². The molecule has 2 rings (SSSR count). The molecule has 1 unspecified atom stereocenters. The highest BCUT2D eigenvalue weighted by atomic mass is 35.5. The summed E-state index contributed by atoms with van der Waals surface area (Å²) in [5, 5.41) is 4.43.